The van der Waals surface area contributed by atoms with Gasteiger partial charge in [-0.3, -0.25) is 48.2 Å². The number of ether oxygens (including phenoxy) is 1. The van der Waals surface area contributed by atoms with E-state index in [-0.39, 0.29) is 107 Å². The molecule has 13 N–H and O–H groups in total. The summed E-state index contributed by atoms with van der Waals surface area (Å²) in [6.45, 7) is -0.359. The van der Waals surface area contributed by atoms with Gasteiger partial charge < -0.3 is 72.2 Å². The number of urea groups is 1. The van der Waals surface area contributed by atoms with Gasteiger partial charge in [-0.05, 0) is 74.6 Å². The van der Waals surface area contributed by atoms with Crippen LogP contribution in [0.1, 0.15) is 106 Å². The highest BCUT2D eigenvalue weighted by Crippen LogP contribution is 2.24. The molecule has 27 nitrogen and oxygen atoms in total. The first kappa shape index (κ1) is 64.0. The van der Waals surface area contributed by atoms with E-state index in [9.17, 15) is 83.4 Å². The number of aryl methyl sites for hydroxylation is 2. The van der Waals surface area contributed by atoms with Crippen molar-refractivity contribution >= 4 is 66.0 Å². The summed E-state index contributed by atoms with van der Waals surface area (Å²) >= 11 is 0. The number of carbonyl (C=O) groups excluding carboxylic acids is 5. The number of carbonyl (C=O) groups is 11. The van der Waals surface area contributed by atoms with E-state index < -0.39 is 92.0 Å². The zero-order valence-corrected chi connectivity index (χ0v) is 41.9. The van der Waals surface area contributed by atoms with E-state index in [1.807, 2.05) is 0 Å². The Morgan fingerprint density at radius 1 is 0.513 bits per heavy atom. The van der Waals surface area contributed by atoms with Crippen molar-refractivity contribution in [1.82, 2.24) is 36.4 Å². The summed E-state index contributed by atoms with van der Waals surface area (Å²) < 4.78 is 4.83. The van der Waals surface area contributed by atoms with Gasteiger partial charge in [0.1, 0.15) is 23.6 Å². The van der Waals surface area contributed by atoms with Crippen LogP contribution in [0.4, 0.5) is 4.79 Å². The highest BCUT2D eigenvalue weighted by Gasteiger charge is 2.24. The number of hydrogen-bond acceptors (Lipinski definition) is 16. The minimum absolute atomic E-state index is 0.00183. The summed E-state index contributed by atoms with van der Waals surface area (Å²) in [6.07, 6.45) is 0.643. The van der Waals surface area contributed by atoms with Crippen LogP contribution in [0, 0.1) is 0 Å². The van der Waals surface area contributed by atoms with Gasteiger partial charge in [-0.1, -0.05) is 30.7 Å². The second-order valence-electron chi connectivity index (χ2n) is 17.7. The van der Waals surface area contributed by atoms with Gasteiger partial charge in [0.2, 0.25) is 17.7 Å². The van der Waals surface area contributed by atoms with Crippen LogP contribution in [-0.2, 0) is 78.6 Å². The highest BCUT2D eigenvalue weighted by molar-refractivity contribution is 5.84. The average Bonchev–Trinajstić information content (AvgIpc) is 3.33. The lowest BCUT2D eigenvalue weighted by Crippen LogP contribution is -2.49. The number of hydrogen-bond donors (Lipinski definition) is 13. The molecule has 3 atom stereocenters. The summed E-state index contributed by atoms with van der Waals surface area (Å²) in [5.74, 6) is -9.07. The molecule has 420 valence electrons. The molecule has 0 heterocycles. The first-order valence-electron chi connectivity index (χ1n) is 24.4. The van der Waals surface area contributed by atoms with Crippen molar-refractivity contribution in [3.05, 3.63) is 58.7 Å². The lowest BCUT2D eigenvalue weighted by Gasteiger charge is -2.26. The molecule has 0 bridgehead atoms. The Labute approximate surface area is 437 Å². The van der Waals surface area contributed by atoms with E-state index in [1.165, 1.54) is 28.0 Å². The molecule has 2 aromatic rings. The van der Waals surface area contributed by atoms with E-state index in [2.05, 4.69) is 26.6 Å². The van der Waals surface area contributed by atoms with Crippen LogP contribution in [0.25, 0.3) is 0 Å². The molecule has 2 rings (SSSR count). The van der Waals surface area contributed by atoms with E-state index in [0.29, 0.717) is 67.4 Å². The number of unbranched alkanes of at least 4 members (excludes halogenated alkanes) is 3. The smallest absolute Gasteiger partial charge is 0.326 e. The van der Waals surface area contributed by atoms with Gasteiger partial charge >= 0.3 is 41.8 Å². The summed E-state index contributed by atoms with van der Waals surface area (Å²) in [4.78, 5) is 132. The van der Waals surface area contributed by atoms with E-state index in [4.69, 9.17) is 14.9 Å². The predicted molar refractivity (Wildman–Crippen MR) is 264 cm³/mol. The lowest BCUT2D eigenvalue weighted by molar-refractivity contribution is -0.143. The molecule has 0 saturated heterocycles. The summed E-state index contributed by atoms with van der Waals surface area (Å²) in [7, 11) is 0. The van der Waals surface area contributed by atoms with Crippen molar-refractivity contribution in [3.63, 3.8) is 0 Å². The fourth-order valence-electron chi connectivity index (χ4n) is 7.51. The van der Waals surface area contributed by atoms with Crippen molar-refractivity contribution in [2.75, 3.05) is 39.3 Å². The number of benzene rings is 2. The van der Waals surface area contributed by atoms with E-state index in [0.717, 1.165) is 0 Å². The number of carboxylic acid groups (broad SMARTS) is 6. The zero-order valence-electron chi connectivity index (χ0n) is 41.9. The van der Waals surface area contributed by atoms with Crippen molar-refractivity contribution in [2.24, 2.45) is 0 Å². The molecule has 0 saturated carbocycles. The fourth-order valence-corrected chi connectivity index (χ4v) is 7.51. The number of phenolic OH excluding ortho intramolecular Hbond substituents is 2. The van der Waals surface area contributed by atoms with Crippen molar-refractivity contribution in [3.8, 4) is 11.5 Å². The zero-order chi connectivity index (χ0) is 56.6. The molecule has 0 aliphatic heterocycles. The molecule has 0 fully saturated rings. The van der Waals surface area contributed by atoms with Gasteiger partial charge in [0.15, 0.2) is 6.23 Å². The number of nitrogens with zero attached hydrogens (tertiary/aromatic N) is 2. The molecule has 0 aliphatic rings. The Hall–Kier alpha value is -8.07. The Balaban J connectivity index is 1.81. The molecule has 0 radical (unpaired) electrons. The fraction of sp³-hybridized carbons (Fsp3) is 0.531. The monoisotopic (exact) mass is 1080 g/mol. The second kappa shape index (κ2) is 35.2. The number of carboxylic acids is 6. The third kappa shape index (κ3) is 28.4. The largest absolute Gasteiger partial charge is 0.508 e. The van der Waals surface area contributed by atoms with Crippen LogP contribution in [-0.4, -0.2) is 174 Å². The minimum atomic E-state index is -1.47. The predicted octanol–water partition coefficient (Wildman–Crippen LogP) is 0.950. The highest BCUT2D eigenvalue weighted by atomic mass is 16.5. The topological polar surface area (TPSA) is 425 Å². The molecule has 2 aromatic carbocycles. The van der Waals surface area contributed by atoms with Crippen LogP contribution in [0.5, 0.6) is 11.5 Å². The number of nitrogens with one attached hydrogen (secondary N) is 5. The molecule has 0 aliphatic carbocycles. The molecule has 0 aromatic heterocycles. The SMILES string of the molecule is O=CO[C@H](CCCCNC(=O)CCCCCNC(=O)CCc1ccc(O)c(CN(CCN(CC(=O)O)Cc2cc(CCC(=O)N[C@@H](CCC(=O)O)C(=O)O)ccc2O)CC(=O)O)c1)NC(=O)N[C@@H](CCC(=O)O)C(=O)O. The van der Waals surface area contributed by atoms with Gasteiger partial charge in [-0.25, -0.2) is 14.4 Å². The molecule has 0 unspecified atom stereocenters. The Kier molecular flexibility index (Phi) is 29.7. The van der Waals surface area contributed by atoms with Gasteiger partial charge in [0.25, 0.3) is 6.47 Å². The quantitative estimate of drug-likeness (QED) is 0.0250. The molecule has 5 amide bonds. The first-order chi connectivity index (χ1) is 36.0. The Morgan fingerprint density at radius 2 is 0.974 bits per heavy atom. The summed E-state index contributed by atoms with van der Waals surface area (Å²) in [5, 5.41) is 89.2. The Bertz CT molecular complexity index is 2300. The van der Waals surface area contributed by atoms with Crippen molar-refractivity contribution in [2.45, 2.75) is 128 Å². The van der Waals surface area contributed by atoms with Crippen LogP contribution in [0.15, 0.2) is 36.4 Å². The van der Waals surface area contributed by atoms with Crippen LogP contribution in [0.2, 0.25) is 0 Å². The minimum Gasteiger partial charge on any atom is -0.508 e. The maximum atomic E-state index is 12.7. The van der Waals surface area contributed by atoms with Crippen LogP contribution in [0.3, 0.4) is 0 Å². The third-order valence-electron chi connectivity index (χ3n) is 11.5. The number of amides is 5. The van der Waals surface area contributed by atoms with Gasteiger partial charge in [-0.2, -0.15) is 0 Å². The molecule has 0 spiro atoms. The number of phenols is 2. The number of aliphatic carboxylic acids is 6. The van der Waals surface area contributed by atoms with Gasteiger partial charge in [0, 0.05) is 88.9 Å². The Morgan fingerprint density at radius 3 is 1.43 bits per heavy atom. The van der Waals surface area contributed by atoms with Gasteiger partial charge in [-0.15, -0.1) is 0 Å². The lowest BCUT2D eigenvalue weighted by atomic mass is 10.0. The van der Waals surface area contributed by atoms with Gasteiger partial charge in [0.05, 0.1) is 13.1 Å². The third-order valence-corrected chi connectivity index (χ3v) is 11.5. The maximum Gasteiger partial charge on any atom is 0.326 e. The van der Waals surface area contributed by atoms with Crippen molar-refractivity contribution in [1.29, 1.82) is 0 Å². The number of aromatic hydroxyl groups is 2. The maximum absolute atomic E-state index is 12.7. The van der Waals surface area contributed by atoms with E-state index in [1.54, 1.807) is 18.2 Å². The summed E-state index contributed by atoms with van der Waals surface area (Å²) in [6, 6.07) is 5.29. The summed E-state index contributed by atoms with van der Waals surface area (Å²) in [5.41, 5.74) is 1.89. The molecule has 76 heavy (non-hydrogen) atoms. The average molecular weight is 1080 g/mol. The first-order valence-corrected chi connectivity index (χ1v) is 24.4. The molecular formula is C49H69N7O20. The molecular weight excluding hydrogens is 1010 g/mol. The van der Waals surface area contributed by atoms with Crippen LogP contribution >= 0.6 is 0 Å². The van der Waals surface area contributed by atoms with Crippen LogP contribution < -0.4 is 26.6 Å². The normalized spacial score (nSPS) is 12.1. The molecule has 27 heteroatoms. The number of rotatable bonds is 41. The van der Waals surface area contributed by atoms with Crippen molar-refractivity contribution < 1.29 is 98.3 Å². The van der Waals surface area contributed by atoms with E-state index >= 15 is 0 Å². The second-order valence-corrected chi connectivity index (χ2v) is 17.7. The standard InChI is InChI=1S/C49H69N7O20/c57-30-76-42(54-49(75)53-36(48(73)74)13-19-44(65)66)7-3-5-21-50-39(60)6-2-1-4-20-51-40(61)16-10-31-8-14-37(58)33(24-31)26-55(28-45(67)68)22-23-56(29-46(69)70)27-34-25-32(9-15-38(34)59)11-17-41(62)52-35(47(71)72)12-18-43(63)64/h8-9,14-15,24-25,30,35-36,42,58-59H,1-7,10-13,16-23,26-29H2,(H,50,60)(H,51,61)(H,52,62)(H,63,64)(H,65,66)(H,67,68)(H,69,70)(H,71,72)(H,73,74)(H2,53,54,75)/t35-,36-,42+/m0/s1.